The second-order valence-electron chi connectivity index (χ2n) is 7.12. The SMILES string of the molecule is CCC(C)Cc1cc(Sc2ccc(O)c(CC(C)CC)c2)ccc1O. The molecule has 2 rings (SSSR count). The van der Waals surface area contributed by atoms with E-state index in [-0.39, 0.29) is 0 Å². The Morgan fingerprint density at radius 1 is 0.760 bits per heavy atom. The van der Waals surface area contributed by atoms with Crippen LogP contribution in [0.2, 0.25) is 0 Å². The molecule has 2 aromatic carbocycles. The lowest BCUT2D eigenvalue weighted by molar-refractivity contribution is 0.456. The van der Waals surface area contributed by atoms with Gasteiger partial charge in [-0.2, -0.15) is 0 Å². The van der Waals surface area contributed by atoms with Crippen molar-refractivity contribution in [3.8, 4) is 11.5 Å². The molecule has 2 atom stereocenters. The highest BCUT2D eigenvalue weighted by Crippen LogP contribution is 2.35. The molecular weight excluding hydrogens is 328 g/mol. The Morgan fingerprint density at radius 3 is 1.52 bits per heavy atom. The summed E-state index contributed by atoms with van der Waals surface area (Å²) in [5.41, 5.74) is 2.02. The molecular formula is C22H30O2S. The van der Waals surface area contributed by atoms with E-state index in [1.54, 1.807) is 23.9 Å². The lowest BCUT2D eigenvalue weighted by Crippen LogP contribution is -1.99. The minimum atomic E-state index is 0.382. The van der Waals surface area contributed by atoms with Crippen molar-refractivity contribution >= 4 is 11.8 Å². The molecule has 0 aliphatic heterocycles. The number of aromatic hydroxyl groups is 2. The van der Waals surface area contributed by atoms with Gasteiger partial charge in [0, 0.05) is 9.79 Å². The maximum atomic E-state index is 10.1. The largest absolute Gasteiger partial charge is 0.508 e. The average Bonchev–Trinajstić information content (AvgIpc) is 2.60. The third-order valence-electron chi connectivity index (χ3n) is 4.87. The van der Waals surface area contributed by atoms with Crippen molar-refractivity contribution in [1.82, 2.24) is 0 Å². The first-order valence-electron chi connectivity index (χ1n) is 9.24. The predicted molar refractivity (Wildman–Crippen MR) is 107 cm³/mol. The quantitative estimate of drug-likeness (QED) is 0.571. The lowest BCUT2D eigenvalue weighted by atomic mass is 9.98. The third kappa shape index (κ3) is 5.71. The number of phenols is 2. The van der Waals surface area contributed by atoms with Gasteiger partial charge in [0.15, 0.2) is 0 Å². The minimum Gasteiger partial charge on any atom is -0.508 e. The second kappa shape index (κ2) is 9.19. The molecule has 0 saturated carbocycles. The molecule has 0 amide bonds. The predicted octanol–water partition coefficient (Wildman–Crippen LogP) is 6.43. The second-order valence-corrected chi connectivity index (χ2v) is 8.27. The highest BCUT2D eigenvalue weighted by molar-refractivity contribution is 7.99. The summed E-state index contributed by atoms with van der Waals surface area (Å²) >= 11 is 1.68. The normalized spacial score (nSPS) is 13.6. The van der Waals surface area contributed by atoms with Gasteiger partial charge in [-0.3, -0.25) is 0 Å². The van der Waals surface area contributed by atoms with Crippen molar-refractivity contribution < 1.29 is 10.2 Å². The Hall–Kier alpha value is -1.61. The van der Waals surface area contributed by atoms with E-state index in [2.05, 4.69) is 39.8 Å². The highest BCUT2D eigenvalue weighted by Gasteiger charge is 2.10. The number of hydrogen-bond acceptors (Lipinski definition) is 3. The van der Waals surface area contributed by atoms with Gasteiger partial charge in [0.25, 0.3) is 0 Å². The molecule has 0 heterocycles. The van der Waals surface area contributed by atoms with E-state index in [1.165, 1.54) is 0 Å². The van der Waals surface area contributed by atoms with Gasteiger partial charge in [-0.15, -0.1) is 0 Å². The highest BCUT2D eigenvalue weighted by atomic mass is 32.2. The average molecular weight is 359 g/mol. The summed E-state index contributed by atoms with van der Waals surface area (Å²) in [7, 11) is 0. The number of rotatable bonds is 8. The summed E-state index contributed by atoms with van der Waals surface area (Å²) < 4.78 is 0. The van der Waals surface area contributed by atoms with Gasteiger partial charge in [0.05, 0.1) is 0 Å². The van der Waals surface area contributed by atoms with Crippen LogP contribution in [0.5, 0.6) is 11.5 Å². The van der Waals surface area contributed by atoms with Crippen LogP contribution in [0.15, 0.2) is 46.2 Å². The van der Waals surface area contributed by atoms with Crippen molar-refractivity contribution in [3.63, 3.8) is 0 Å². The maximum Gasteiger partial charge on any atom is 0.118 e. The van der Waals surface area contributed by atoms with Gasteiger partial charge >= 0.3 is 0 Å². The molecule has 0 fully saturated rings. The zero-order valence-corrected chi connectivity index (χ0v) is 16.6. The van der Waals surface area contributed by atoms with Crippen LogP contribution in [0, 0.1) is 11.8 Å². The molecule has 25 heavy (non-hydrogen) atoms. The molecule has 0 bridgehead atoms. The summed E-state index contributed by atoms with van der Waals surface area (Å²) in [5.74, 6) is 1.88. The van der Waals surface area contributed by atoms with Crippen LogP contribution in [0.4, 0.5) is 0 Å². The van der Waals surface area contributed by atoms with Crippen LogP contribution < -0.4 is 0 Å². The van der Waals surface area contributed by atoms with E-state index < -0.39 is 0 Å². The summed E-state index contributed by atoms with van der Waals surface area (Å²) in [5, 5.41) is 20.2. The standard InChI is InChI=1S/C22H30O2S/c1-5-15(3)11-17-13-19(7-9-21(17)23)25-20-8-10-22(24)18(14-20)12-16(4)6-2/h7-10,13-16,23-24H,5-6,11-12H2,1-4H3. The van der Waals surface area contributed by atoms with E-state index in [0.717, 1.165) is 46.6 Å². The van der Waals surface area contributed by atoms with E-state index in [1.807, 2.05) is 12.1 Å². The maximum absolute atomic E-state index is 10.1. The Labute approximate surface area is 156 Å². The van der Waals surface area contributed by atoms with Crippen molar-refractivity contribution in [1.29, 1.82) is 0 Å². The molecule has 2 unspecified atom stereocenters. The third-order valence-corrected chi connectivity index (χ3v) is 5.85. The van der Waals surface area contributed by atoms with Gasteiger partial charge in [0.1, 0.15) is 11.5 Å². The van der Waals surface area contributed by atoms with E-state index in [4.69, 9.17) is 0 Å². The van der Waals surface area contributed by atoms with Gasteiger partial charge in [0.2, 0.25) is 0 Å². The smallest absolute Gasteiger partial charge is 0.118 e. The van der Waals surface area contributed by atoms with E-state index >= 15 is 0 Å². The Bertz CT molecular complexity index is 637. The molecule has 3 heteroatoms. The summed E-state index contributed by atoms with van der Waals surface area (Å²) in [6.07, 6.45) is 4.00. The first-order chi connectivity index (χ1) is 11.9. The molecule has 2 nitrogen and oxygen atoms in total. The fraction of sp³-hybridized carbons (Fsp3) is 0.455. The fourth-order valence-corrected chi connectivity index (χ4v) is 3.70. The van der Waals surface area contributed by atoms with Gasteiger partial charge < -0.3 is 10.2 Å². The Balaban J connectivity index is 2.19. The molecule has 0 spiro atoms. The van der Waals surface area contributed by atoms with Crippen molar-refractivity contribution in [2.75, 3.05) is 0 Å². The van der Waals surface area contributed by atoms with Crippen LogP contribution in [0.1, 0.15) is 51.7 Å². The number of hydrogen-bond donors (Lipinski definition) is 2. The first-order valence-corrected chi connectivity index (χ1v) is 10.1. The molecule has 0 aromatic heterocycles. The minimum absolute atomic E-state index is 0.382. The van der Waals surface area contributed by atoms with Crippen LogP contribution in [0.25, 0.3) is 0 Å². The molecule has 0 aliphatic carbocycles. The van der Waals surface area contributed by atoms with E-state index in [9.17, 15) is 10.2 Å². The number of phenolic OH excluding ortho intramolecular Hbond substituents is 2. The summed E-state index contributed by atoms with van der Waals surface area (Å²) in [6, 6.07) is 11.7. The lowest BCUT2D eigenvalue weighted by Gasteiger charge is -2.13. The Kier molecular flexibility index (Phi) is 7.24. The van der Waals surface area contributed by atoms with Crippen molar-refractivity contribution in [2.24, 2.45) is 11.8 Å². The Morgan fingerprint density at radius 2 is 1.16 bits per heavy atom. The number of benzene rings is 2. The van der Waals surface area contributed by atoms with Crippen LogP contribution in [-0.2, 0) is 12.8 Å². The van der Waals surface area contributed by atoms with Gasteiger partial charge in [-0.05, 0) is 72.2 Å². The topological polar surface area (TPSA) is 40.5 Å². The van der Waals surface area contributed by atoms with Crippen molar-refractivity contribution in [2.45, 2.75) is 63.2 Å². The monoisotopic (exact) mass is 358 g/mol. The molecule has 0 aliphatic rings. The van der Waals surface area contributed by atoms with Gasteiger partial charge in [-0.25, -0.2) is 0 Å². The fourth-order valence-electron chi connectivity index (χ4n) is 2.75. The summed E-state index contributed by atoms with van der Waals surface area (Å²) in [6.45, 7) is 8.77. The zero-order valence-electron chi connectivity index (χ0n) is 15.7. The molecule has 0 saturated heterocycles. The first kappa shape index (κ1) is 19.7. The zero-order chi connectivity index (χ0) is 18.4. The van der Waals surface area contributed by atoms with Gasteiger partial charge in [-0.1, -0.05) is 52.3 Å². The molecule has 2 aromatic rings. The van der Waals surface area contributed by atoms with Crippen LogP contribution >= 0.6 is 11.8 Å². The van der Waals surface area contributed by atoms with Crippen LogP contribution in [-0.4, -0.2) is 10.2 Å². The molecule has 2 N–H and O–H groups in total. The molecule has 136 valence electrons. The van der Waals surface area contributed by atoms with Crippen LogP contribution in [0.3, 0.4) is 0 Å². The van der Waals surface area contributed by atoms with Crippen molar-refractivity contribution in [3.05, 3.63) is 47.5 Å². The summed E-state index contributed by atoms with van der Waals surface area (Å²) in [4.78, 5) is 2.24. The van der Waals surface area contributed by atoms with E-state index in [0.29, 0.717) is 23.3 Å². The molecule has 0 radical (unpaired) electrons.